The normalized spacial score (nSPS) is 13.7. The Morgan fingerprint density at radius 2 is 0.823 bits per heavy atom. The van der Waals surface area contributed by atoms with E-state index in [0.717, 1.165) is 38.5 Å². The number of aliphatic carboxylic acids is 1. The highest BCUT2D eigenvalue weighted by atomic mass is 31.2. The summed E-state index contributed by atoms with van der Waals surface area (Å²) in [5.74, 6) is -2.43. The summed E-state index contributed by atoms with van der Waals surface area (Å²) in [5, 5.41) is 8.91. The Morgan fingerprint density at radius 1 is 0.484 bits per heavy atom. The molecule has 0 aliphatic carbocycles. The number of carboxylic acid groups (broad SMARTS) is 1. The van der Waals surface area contributed by atoms with Crippen LogP contribution in [0.1, 0.15) is 245 Å². The third kappa shape index (κ3) is 44.6. The van der Waals surface area contributed by atoms with Gasteiger partial charge in [-0.05, 0) is 57.8 Å². The molecule has 0 rings (SSSR count). The minimum atomic E-state index is -4.73. The van der Waals surface area contributed by atoms with E-state index in [9.17, 15) is 23.8 Å². The maximum atomic E-state index is 12.7. The largest absolute Gasteiger partial charge is 0.480 e. The lowest BCUT2D eigenvalue weighted by Gasteiger charge is -2.20. The van der Waals surface area contributed by atoms with Gasteiger partial charge < -0.3 is 25.2 Å². The molecule has 0 bridgehead atoms. The summed E-state index contributed by atoms with van der Waals surface area (Å²) in [6.07, 6.45) is 49.8. The summed E-state index contributed by atoms with van der Waals surface area (Å²) in [5.41, 5.74) is 5.34. The van der Waals surface area contributed by atoms with Crippen LogP contribution in [0.3, 0.4) is 0 Å². The van der Waals surface area contributed by atoms with Crippen LogP contribution < -0.4 is 5.73 Å². The smallest absolute Gasteiger partial charge is 0.472 e. The molecule has 0 aliphatic rings. The van der Waals surface area contributed by atoms with Gasteiger partial charge in [0.1, 0.15) is 12.6 Å². The fraction of sp³-hybridized carbons (Fsp3) is 0.860. The Balaban J connectivity index is 4.25. The van der Waals surface area contributed by atoms with Gasteiger partial charge in [-0.1, -0.05) is 199 Å². The number of nitrogens with two attached hydrogens (primary N) is 1. The van der Waals surface area contributed by atoms with E-state index in [4.69, 9.17) is 24.8 Å². The van der Waals surface area contributed by atoms with Crippen molar-refractivity contribution in [3.8, 4) is 0 Å². The lowest BCUT2D eigenvalue weighted by atomic mass is 10.0. The zero-order chi connectivity index (χ0) is 45.6. The number of phosphoric acid groups is 1. The van der Waals surface area contributed by atoms with Crippen molar-refractivity contribution in [3.05, 3.63) is 24.3 Å². The van der Waals surface area contributed by atoms with E-state index in [1.54, 1.807) is 0 Å². The topological polar surface area (TPSA) is 172 Å². The van der Waals surface area contributed by atoms with E-state index in [-0.39, 0.29) is 19.4 Å². The molecular weight excluding hydrogens is 806 g/mol. The van der Waals surface area contributed by atoms with E-state index in [2.05, 4.69) is 42.7 Å². The Bertz CT molecular complexity index is 1150. The van der Waals surface area contributed by atoms with Crippen LogP contribution >= 0.6 is 7.82 Å². The Labute approximate surface area is 379 Å². The van der Waals surface area contributed by atoms with E-state index in [1.165, 1.54) is 161 Å². The van der Waals surface area contributed by atoms with Gasteiger partial charge >= 0.3 is 25.7 Å². The molecule has 0 aromatic carbocycles. The number of rotatable bonds is 48. The first-order valence-corrected chi connectivity index (χ1v) is 26.9. The van der Waals surface area contributed by atoms with E-state index in [0.29, 0.717) is 19.3 Å². The minimum Gasteiger partial charge on any atom is -0.480 e. The standard InChI is InChI=1S/C50H94NO10P/c1-3-5-7-9-11-13-15-17-19-20-21-22-23-24-25-26-28-30-32-34-36-38-40-42-49(53)61-46(44-59-62(56,57)60-45-47(51)50(54)55)43-58-48(52)41-39-37-35-33-31-29-27-18-16-14-12-10-8-6-4-2/h29,31,34,36,46-47H,3-28,30,32-33,35,37-45,51H2,1-2H3,(H,54,55)(H,56,57)/b31-29+,36-34+/t46-,47-/m0/s1. The second-order valence-electron chi connectivity index (χ2n) is 17.3. The number of carboxylic acids is 1. The highest BCUT2D eigenvalue weighted by Gasteiger charge is 2.28. The Morgan fingerprint density at radius 3 is 1.23 bits per heavy atom. The number of ether oxygens (including phenoxy) is 2. The molecule has 0 saturated heterocycles. The predicted molar refractivity (Wildman–Crippen MR) is 254 cm³/mol. The maximum Gasteiger partial charge on any atom is 0.472 e. The lowest BCUT2D eigenvalue weighted by molar-refractivity contribution is -0.161. The van der Waals surface area contributed by atoms with Gasteiger partial charge in [-0.15, -0.1) is 0 Å². The van der Waals surface area contributed by atoms with Crippen LogP contribution in [0.2, 0.25) is 0 Å². The van der Waals surface area contributed by atoms with Gasteiger partial charge in [0.05, 0.1) is 13.2 Å². The molecule has 4 N–H and O–H groups in total. The molecule has 62 heavy (non-hydrogen) atoms. The number of phosphoric ester groups is 1. The highest BCUT2D eigenvalue weighted by molar-refractivity contribution is 7.47. The molecule has 0 amide bonds. The van der Waals surface area contributed by atoms with E-state index >= 15 is 0 Å². The number of carbonyl (C=O) groups excluding carboxylic acids is 2. The Hall–Kier alpha value is -2.04. The second kappa shape index (κ2) is 45.5. The van der Waals surface area contributed by atoms with Crippen molar-refractivity contribution in [1.29, 1.82) is 0 Å². The molecule has 0 fully saturated rings. The molecule has 0 spiro atoms. The number of carbonyl (C=O) groups is 3. The lowest BCUT2D eigenvalue weighted by Crippen LogP contribution is -2.34. The average molecular weight is 900 g/mol. The molecule has 0 aromatic rings. The third-order valence-corrected chi connectivity index (χ3v) is 12.1. The fourth-order valence-electron chi connectivity index (χ4n) is 7.18. The SMILES string of the molecule is CCCCCCCCCC/C=C/CCCCCC(=O)OC[C@@H](COP(=O)(O)OC[C@H](N)C(=O)O)OC(=O)CCC/C=C/CCCCCCCCCCCCCCCCCCCC. The summed E-state index contributed by atoms with van der Waals surface area (Å²) in [7, 11) is -4.73. The van der Waals surface area contributed by atoms with Gasteiger partial charge in [-0.2, -0.15) is 0 Å². The van der Waals surface area contributed by atoms with Gasteiger partial charge in [0.2, 0.25) is 0 Å². The first kappa shape index (κ1) is 60.0. The molecule has 1 unspecified atom stereocenters. The maximum absolute atomic E-state index is 12.7. The van der Waals surface area contributed by atoms with Crippen molar-refractivity contribution in [2.24, 2.45) is 5.73 Å². The first-order chi connectivity index (χ1) is 30.1. The molecular formula is C50H94NO10P. The molecule has 364 valence electrons. The summed E-state index contributed by atoms with van der Waals surface area (Å²) >= 11 is 0. The number of hydrogen-bond acceptors (Lipinski definition) is 9. The molecule has 12 heteroatoms. The second-order valence-corrected chi connectivity index (χ2v) is 18.8. The number of allylic oxidation sites excluding steroid dienone is 4. The van der Waals surface area contributed by atoms with Crippen LogP contribution in [0.5, 0.6) is 0 Å². The van der Waals surface area contributed by atoms with Crippen molar-refractivity contribution in [2.75, 3.05) is 19.8 Å². The summed E-state index contributed by atoms with van der Waals surface area (Å²) in [6, 6.07) is -1.53. The van der Waals surface area contributed by atoms with Crippen molar-refractivity contribution >= 4 is 25.7 Å². The average Bonchev–Trinajstić information content (AvgIpc) is 3.25. The highest BCUT2D eigenvalue weighted by Crippen LogP contribution is 2.43. The molecule has 0 heterocycles. The van der Waals surface area contributed by atoms with Crippen LogP contribution in [0, 0.1) is 0 Å². The monoisotopic (exact) mass is 900 g/mol. The number of hydrogen-bond donors (Lipinski definition) is 3. The zero-order valence-electron chi connectivity index (χ0n) is 39.7. The van der Waals surface area contributed by atoms with Crippen LogP contribution in [0.25, 0.3) is 0 Å². The van der Waals surface area contributed by atoms with Gasteiger partial charge in [0.25, 0.3) is 0 Å². The number of unbranched alkanes of at least 4 members (excludes halogenated alkanes) is 30. The summed E-state index contributed by atoms with van der Waals surface area (Å²) in [6.45, 7) is 2.80. The Kier molecular flexibility index (Phi) is 44.0. The van der Waals surface area contributed by atoms with Crippen LogP contribution in [-0.4, -0.2) is 59.9 Å². The molecule has 0 aliphatic heterocycles. The van der Waals surface area contributed by atoms with Crippen LogP contribution in [0.15, 0.2) is 24.3 Å². The number of esters is 2. The molecule has 0 radical (unpaired) electrons. The van der Waals surface area contributed by atoms with Crippen LogP contribution in [0.4, 0.5) is 0 Å². The van der Waals surface area contributed by atoms with Gasteiger partial charge in [-0.25, -0.2) is 4.57 Å². The molecule has 11 nitrogen and oxygen atoms in total. The third-order valence-electron chi connectivity index (χ3n) is 11.2. The van der Waals surface area contributed by atoms with E-state index in [1.807, 2.05) is 0 Å². The molecule has 3 atom stereocenters. The van der Waals surface area contributed by atoms with Crippen molar-refractivity contribution < 1.29 is 47.5 Å². The molecule has 0 aromatic heterocycles. The van der Waals surface area contributed by atoms with Crippen LogP contribution in [-0.2, 0) is 37.5 Å². The van der Waals surface area contributed by atoms with E-state index < -0.39 is 51.1 Å². The van der Waals surface area contributed by atoms with Gasteiger partial charge in [-0.3, -0.25) is 23.4 Å². The van der Waals surface area contributed by atoms with Crippen molar-refractivity contribution in [3.63, 3.8) is 0 Å². The minimum absolute atomic E-state index is 0.113. The fourth-order valence-corrected chi connectivity index (χ4v) is 7.96. The van der Waals surface area contributed by atoms with Crippen molar-refractivity contribution in [2.45, 2.75) is 257 Å². The summed E-state index contributed by atoms with van der Waals surface area (Å²) < 4.78 is 32.8. The quantitative estimate of drug-likeness (QED) is 0.0230. The predicted octanol–water partition coefficient (Wildman–Crippen LogP) is 14.2. The molecule has 0 saturated carbocycles. The van der Waals surface area contributed by atoms with Crippen molar-refractivity contribution in [1.82, 2.24) is 0 Å². The zero-order valence-corrected chi connectivity index (χ0v) is 40.6. The first-order valence-electron chi connectivity index (χ1n) is 25.4. The summed E-state index contributed by atoms with van der Waals surface area (Å²) in [4.78, 5) is 46.1. The van der Waals surface area contributed by atoms with Gasteiger partial charge in [0.15, 0.2) is 6.10 Å². The van der Waals surface area contributed by atoms with Gasteiger partial charge in [0, 0.05) is 12.8 Å².